The Bertz CT molecular complexity index is 134. The summed E-state index contributed by atoms with van der Waals surface area (Å²) < 4.78 is 0. The van der Waals surface area contributed by atoms with Gasteiger partial charge >= 0.3 is 0 Å². The Morgan fingerprint density at radius 3 is 2.38 bits per heavy atom. The molecule has 1 heterocycles. The summed E-state index contributed by atoms with van der Waals surface area (Å²) in [4.78, 5) is 3.98. The summed E-state index contributed by atoms with van der Waals surface area (Å²) in [5, 5.41) is 0. The molecule has 0 aliphatic rings. The monoisotopic (exact) mass is 108 g/mol. The molecule has 0 amide bonds. The van der Waals surface area contributed by atoms with Crippen molar-refractivity contribution in [2.45, 2.75) is 6.92 Å². The normalized spacial score (nSPS) is 7.62. The maximum atomic E-state index is 3.98. The van der Waals surface area contributed by atoms with Gasteiger partial charge in [0, 0.05) is 19.3 Å². The van der Waals surface area contributed by atoms with Gasteiger partial charge in [-0.15, -0.1) is 0 Å². The number of aromatic nitrogens is 1. The number of aryl methyl sites for hydroxylation is 1. The van der Waals surface area contributed by atoms with Gasteiger partial charge in [-0.2, -0.15) is 0 Å². The molecule has 0 N–H and O–H groups in total. The maximum absolute atomic E-state index is 3.98. The SMILES string of the molecule is Cc1ccccn1.[CH3+]. The minimum atomic E-state index is 0. The molecule has 0 aliphatic heterocycles. The first-order valence-corrected chi connectivity index (χ1v) is 2.27. The Hall–Kier alpha value is -0.980. The minimum Gasteiger partial charge on any atom is -0.262 e. The molecule has 1 heteroatoms. The highest BCUT2D eigenvalue weighted by atomic mass is 14.6. The van der Waals surface area contributed by atoms with Crippen LogP contribution in [0.5, 0.6) is 0 Å². The van der Waals surface area contributed by atoms with Crippen molar-refractivity contribution in [3.63, 3.8) is 0 Å². The van der Waals surface area contributed by atoms with E-state index in [2.05, 4.69) is 4.98 Å². The topological polar surface area (TPSA) is 12.9 Å². The third-order valence-corrected chi connectivity index (χ3v) is 0.813. The van der Waals surface area contributed by atoms with E-state index in [9.17, 15) is 0 Å². The van der Waals surface area contributed by atoms with Crippen LogP contribution in [0.3, 0.4) is 0 Å². The van der Waals surface area contributed by atoms with E-state index in [-0.39, 0.29) is 7.43 Å². The molecule has 0 unspecified atom stereocenters. The van der Waals surface area contributed by atoms with Gasteiger partial charge in [0.05, 0.1) is 0 Å². The quantitative estimate of drug-likeness (QED) is 0.462. The fourth-order valence-electron chi connectivity index (χ4n) is 0.448. The second kappa shape index (κ2) is 3.08. The number of hydrogen-bond donors (Lipinski definition) is 0. The van der Waals surface area contributed by atoms with Crippen molar-refractivity contribution < 1.29 is 0 Å². The Morgan fingerprint density at radius 2 is 2.12 bits per heavy atom. The van der Waals surface area contributed by atoms with Crippen molar-refractivity contribution in [2.24, 2.45) is 0 Å². The molecular weight excluding hydrogens is 98.1 g/mol. The van der Waals surface area contributed by atoms with Crippen molar-refractivity contribution in [3.05, 3.63) is 37.5 Å². The molecular formula is C7H10N+. The lowest BCUT2D eigenvalue weighted by Crippen LogP contribution is -1.72. The minimum absolute atomic E-state index is 0. The van der Waals surface area contributed by atoms with Gasteiger partial charge in [-0.25, -0.2) is 0 Å². The highest BCUT2D eigenvalue weighted by molar-refractivity contribution is 4.99. The van der Waals surface area contributed by atoms with Gasteiger partial charge in [-0.3, -0.25) is 4.98 Å². The van der Waals surface area contributed by atoms with E-state index in [0.29, 0.717) is 0 Å². The van der Waals surface area contributed by atoms with Crippen molar-refractivity contribution in [2.75, 3.05) is 0 Å². The van der Waals surface area contributed by atoms with Crippen LogP contribution in [-0.4, -0.2) is 4.98 Å². The summed E-state index contributed by atoms with van der Waals surface area (Å²) in [6.45, 7) is 1.97. The molecule has 0 atom stereocenters. The van der Waals surface area contributed by atoms with Crippen LogP contribution in [0.1, 0.15) is 5.69 Å². The van der Waals surface area contributed by atoms with Gasteiger partial charge in [0.25, 0.3) is 0 Å². The number of nitrogens with zero attached hydrogens (tertiary/aromatic N) is 1. The third kappa shape index (κ3) is 1.65. The Labute approximate surface area is 50.4 Å². The Morgan fingerprint density at radius 1 is 1.38 bits per heavy atom. The van der Waals surface area contributed by atoms with E-state index in [1.807, 2.05) is 25.1 Å². The van der Waals surface area contributed by atoms with Gasteiger partial charge in [-0.1, -0.05) is 6.07 Å². The molecule has 1 nitrogen and oxygen atoms in total. The molecule has 0 aliphatic carbocycles. The van der Waals surface area contributed by atoms with Crippen molar-refractivity contribution >= 4 is 0 Å². The molecule has 0 aromatic carbocycles. The zero-order valence-electron chi connectivity index (χ0n) is 5.26. The predicted molar refractivity (Wildman–Crippen MR) is 35.4 cm³/mol. The molecule has 42 valence electrons. The van der Waals surface area contributed by atoms with Crippen LogP contribution in [0.25, 0.3) is 0 Å². The molecule has 1 aromatic rings. The number of pyridine rings is 1. The lowest BCUT2D eigenvalue weighted by molar-refractivity contribution is 1.20. The predicted octanol–water partition coefficient (Wildman–Crippen LogP) is 1.84. The fraction of sp³-hybridized carbons (Fsp3) is 0.143. The summed E-state index contributed by atoms with van der Waals surface area (Å²) in [7, 11) is 0. The number of rotatable bonds is 0. The van der Waals surface area contributed by atoms with Crippen molar-refractivity contribution in [1.82, 2.24) is 4.98 Å². The lowest BCUT2D eigenvalue weighted by atomic mass is 10.4. The highest BCUT2D eigenvalue weighted by Crippen LogP contribution is 1.85. The molecule has 0 fully saturated rings. The van der Waals surface area contributed by atoms with Crippen LogP contribution < -0.4 is 0 Å². The summed E-state index contributed by atoms with van der Waals surface area (Å²) >= 11 is 0. The van der Waals surface area contributed by atoms with E-state index < -0.39 is 0 Å². The van der Waals surface area contributed by atoms with Gasteiger partial charge < -0.3 is 0 Å². The van der Waals surface area contributed by atoms with Gasteiger partial charge in [0.1, 0.15) is 0 Å². The van der Waals surface area contributed by atoms with Crippen molar-refractivity contribution in [3.8, 4) is 0 Å². The summed E-state index contributed by atoms with van der Waals surface area (Å²) in [6, 6.07) is 5.86. The zero-order chi connectivity index (χ0) is 5.11. The van der Waals surface area contributed by atoms with Crippen LogP contribution >= 0.6 is 0 Å². The summed E-state index contributed by atoms with van der Waals surface area (Å²) in [5.74, 6) is 0. The Balaban J connectivity index is 0.000000490. The molecule has 0 saturated heterocycles. The van der Waals surface area contributed by atoms with Gasteiger partial charge in [0.15, 0.2) is 0 Å². The van der Waals surface area contributed by atoms with Gasteiger partial charge in [0.2, 0.25) is 0 Å². The van der Waals surface area contributed by atoms with E-state index in [4.69, 9.17) is 0 Å². The Kier molecular flexibility index (Phi) is 2.70. The average Bonchev–Trinajstić information content (AvgIpc) is 1.69. The highest BCUT2D eigenvalue weighted by Gasteiger charge is 1.73. The standard InChI is InChI=1S/C6H7N.CH3/c1-6-4-2-3-5-7-6;/h2-5H,1H3;1H3/q;+1. The second-order valence-electron chi connectivity index (χ2n) is 1.47. The third-order valence-electron chi connectivity index (χ3n) is 0.813. The lowest BCUT2D eigenvalue weighted by Gasteiger charge is -1.82. The smallest absolute Gasteiger partial charge is 0.0467 e. The average molecular weight is 108 g/mol. The fourth-order valence-corrected chi connectivity index (χ4v) is 0.448. The van der Waals surface area contributed by atoms with Crippen molar-refractivity contribution in [1.29, 1.82) is 0 Å². The van der Waals surface area contributed by atoms with Gasteiger partial charge in [-0.05, 0) is 19.1 Å². The van der Waals surface area contributed by atoms with Crippen LogP contribution in [0.15, 0.2) is 24.4 Å². The van der Waals surface area contributed by atoms with E-state index in [0.717, 1.165) is 5.69 Å². The van der Waals surface area contributed by atoms with E-state index in [1.54, 1.807) is 6.20 Å². The molecule has 8 heavy (non-hydrogen) atoms. The summed E-state index contributed by atoms with van der Waals surface area (Å²) in [5.41, 5.74) is 1.07. The molecule has 0 spiro atoms. The van der Waals surface area contributed by atoms with Crippen LogP contribution in [-0.2, 0) is 0 Å². The largest absolute Gasteiger partial charge is 0.262 e. The molecule has 0 bridgehead atoms. The first-order valence-electron chi connectivity index (χ1n) is 2.27. The van der Waals surface area contributed by atoms with E-state index in [1.165, 1.54) is 0 Å². The first-order chi connectivity index (χ1) is 3.39. The molecule has 0 radical (unpaired) electrons. The first kappa shape index (κ1) is 7.02. The van der Waals surface area contributed by atoms with Crippen LogP contribution in [0, 0.1) is 14.4 Å². The zero-order valence-corrected chi connectivity index (χ0v) is 5.26. The van der Waals surface area contributed by atoms with E-state index >= 15 is 0 Å². The molecule has 0 saturated carbocycles. The maximum Gasteiger partial charge on any atom is 0.0467 e. The molecule has 1 rings (SSSR count). The van der Waals surface area contributed by atoms with Crippen LogP contribution in [0.2, 0.25) is 0 Å². The summed E-state index contributed by atoms with van der Waals surface area (Å²) in [6.07, 6.45) is 1.79. The second-order valence-corrected chi connectivity index (χ2v) is 1.47. The van der Waals surface area contributed by atoms with Crippen LogP contribution in [0.4, 0.5) is 0 Å². The molecule has 1 aromatic heterocycles. The number of hydrogen-bond acceptors (Lipinski definition) is 1.